The highest BCUT2D eigenvalue weighted by Gasteiger charge is 2.22. The van der Waals surface area contributed by atoms with Gasteiger partial charge in [0.15, 0.2) is 0 Å². The summed E-state index contributed by atoms with van der Waals surface area (Å²) in [7, 11) is -3.57. The first kappa shape index (κ1) is 22.1. The Kier molecular flexibility index (Phi) is 7.31. The molecule has 0 saturated carbocycles. The Labute approximate surface area is 182 Å². The molecule has 1 atom stereocenters. The van der Waals surface area contributed by atoms with Crippen molar-refractivity contribution in [3.63, 3.8) is 0 Å². The number of hydrogen-bond acceptors (Lipinski definition) is 4. The smallest absolute Gasteiger partial charge is 0.242 e. The van der Waals surface area contributed by atoms with Crippen LogP contribution in [0.4, 0.5) is 5.69 Å². The van der Waals surface area contributed by atoms with E-state index in [1.54, 1.807) is 26.0 Å². The van der Waals surface area contributed by atoms with Crippen LogP contribution in [0.1, 0.15) is 24.7 Å². The maximum atomic E-state index is 13.1. The second-order valence-corrected chi connectivity index (χ2v) is 9.90. The molecule has 0 aliphatic rings. The van der Waals surface area contributed by atoms with E-state index in [4.69, 9.17) is 0 Å². The molecule has 0 spiro atoms. The lowest BCUT2D eigenvalue weighted by Gasteiger charge is -2.17. The third-order valence-electron chi connectivity index (χ3n) is 4.16. The van der Waals surface area contributed by atoms with Gasteiger partial charge in [-0.15, -0.1) is 11.8 Å². The predicted molar refractivity (Wildman–Crippen MR) is 122 cm³/mol. The Morgan fingerprint density at radius 3 is 1.97 bits per heavy atom. The van der Waals surface area contributed by atoms with E-state index >= 15 is 0 Å². The SMILES string of the molecule is CC(C)NS(=O)(=O)c1ccc(NC(=O)C(Sc2ccccc2)c2ccccc2)cc1. The Morgan fingerprint density at radius 2 is 1.40 bits per heavy atom. The van der Waals surface area contributed by atoms with Crippen molar-refractivity contribution in [2.75, 3.05) is 5.32 Å². The van der Waals surface area contributed by atoms with E-state index in [0.29, 0.717) is 5.69 Å². The molecule has 0 aromatic heterocycles. The molecule has 7 heteroatoms. The number of hydrogen-bond donors (Lipinski definition) is 2. The van der Waals surface area contributed by atoms with Gasteiger partial charge in [0, 0.05) is 16.6 Å². The Morgan fingerprint density at radius 1 is 0.833 bits per heavy atom. The molecule has 0 fully saturated rings. The minimum absolute atomic E-state index is 0.160. The number of carbonyl (C=O) groups is 1. The van der Waals surface area contributed by atoms with Gasteiger partial charge in [0.05, 0.1) is 4.90 Å². The first-order chi connectivity index (χ1) is 14.3. The van der Waals surface area contributed by atoms with Crippen molar-refractivity contribution in [3.8, 4) is 0 Å². The summed E-state index contributed by atoms with van der Waals surface area (Å²) in [6, 6.07) is 25.3. The third kappa shape index (κ3) is 5.95. The summed E-state index contributed by atoms with van der Waals surface area (Å²) in [5.74, 6) is -0.175. The summed E-state index contributed by atoms with van der Waals surface area (Å²) in [4.78, 5) is 14.2. The highest BCUT2D eigenvalue weighted by Crippen LogP contribution is 2.36. The zero-order chi connectivity index (χ0) is 21.6. The summed E-state index contributed by atoms with van der Waals surface area (Å²) in [6.45, 7) is 3.53. The van der Waals surface area contributed by atoms with Gasteiger partial charge in [-0.2, -0.15) is 0 Å². The summed E-state index contributed by atoms with van der Waals surface area (Å²) in [5.41, 5.74) is 1.43. The number of rotatable bonds is 8. The summed E-state index contributed by atoms with van der Waals surface area (Å²) < 4.78 is 27.1. The zero-order valence-corrected chi connectivity index (χ0v) is 18.4. The van der Waals surface area contributed by atoms with Gasteiger partial charge in [-0.25, -0.2) is 13.1 Å². The minimum atomic E-state index is -3.57. The van der Waals surface area contributed by atoms with Crippen molar-refractivity contribution >= 4 is 33.4 Å². The van der Waals surface area contributed by atoms with Crippen LogP contribution in [0.5, 0.6) is 0 Å². The monoisotopic (exact) mass is 440 g/mol. The van der Waals surface area contributed by atoms with E-state index in [1.165, 1.54) is 23.9 Å². The fourth-order valence-corrected chi connectivity index (χ4v) is 5.14. The fourth-order valence-electron chi connectivity index (χ4n) is 2.84. The predicted octanol–water partition coefficient (Wildman–Crippen LogP) is 4.85. The molecule has 0 bridgehead atoms. The van der Waals surface area contributed by atoms with E-state index in [-0.39, 0.29) is 16.8 Å². The number of thioether (sulfide) groups is 1. The van der Waals surface area contributed by atoms with Crippen LogP contribution >= 0.6 is 11.8 Å². The van der Waals surface area contributed by atoms with Gasteiger partial charge in [0.1, 0.15) is 5.25 Å². The number of benzene rings is 3. The molecule has 2 N–H and O–H groups in total. The maximum absolute atomic E-state index is 13.1. The van der Waals surface area contributed by atoms with Crippen molar-refractivity contribution in [2.45, 2.75) is 34.9 Å². The topological polar surface area (TPSA) is 75.3 Å². The number of carbonyl (C=O) groups excluding carboxylic acids is 1. The lowest BCUT2D eigenvalue weighted by atomic mass is 10.1. The van der Waals surface area contributed by atoms with Gasteiger partial charge < -0.3 is 5.32 Å². The van der Waals surface area contributed by atoms with Crippen LogP contribution < -0.4 is 10.0 Å². The first-order valence-corrected chi connectivity index (χ1v) is 11.9. The highest BCUT2D eigenvalue weighted by molar-refractivity contribution is 8.00. The van der Waals surface area contributed by atoms with E-state index in [1.807, 2.05) is 60.7 Å². The van der Waals surface area contributed by atoms with Gasteiger partial charge in [0.2, 0.25) is 15.9 Å². The number of nitrogens with one attached hydrogen (secondary N) is 2. The molecule has 0 heterocycles. The molecule has 1 unspecified atom stereocenters. The Bertz CT molecular complexity index is 1070. The molecular formula is C23H24N2O3S2. The zero-order valence-electron chi connectivity index (χ0n) is 16.8. The van der Waals surface area contributed by atoms with Crippen LogP contribution in [-0.4, -0.2) is 20.4 Å². The van der Waals surface area contributed by atoms with Crippen LogP contribution in [0.3, 0.4) is 0 Å². The van der Waals surface area contributed by atoms with Crippen molar-refractivity contribution in [2.24, 2.45) is 0 Å². The second kappa shape index (κ2) is 9.93. The van der Waals surface area contributed by atoms with Crippen LogP contribution in [-0.2, 0) is 14.8 Å². The van der Waals surface area contributed by atoms with Crippen LogP contribution in [0, 0.1) is 0 Å². The molecule has 156 valence electrons. The second-order valence-electron chi connectivity index (χ2n) is 7.01. The van der Waals surface area contributed by atoms with Gasteiger partial charge in [-0.05, 0) is 55.8 Å². The van der Waals surface area contributed by atoms with E-state index in [9.17, 15) is 13.2 Å². The lowest BCUT2D eigenvalue weighted by molar-refractivity contribution is -0.115. The fraction of sp³-hybridized carbons (Fsp3) is 0.174. The highest BCUT2D eigenvalue weighted by atomic mass is 32.2. The van der Waals surface area contributed by atoms with Crippen molar-refractivity contribution in [1.29, 1.82) is 0 Å². The molecule has 30 heavy (non-hydrogen) atoms. The third-order valence-corrected chi connectivity index (χ3v) is 7.10. The van der Waals surface area contributed by atoms with Crippen molar-refractivity contribution in [1.82, 2.24) is 4.72 Å². The van der Waals surface area contributed by atoms with Crippen LogP contribution in [0.25, 0.3) is 0 Å². The molecule has 5 nitrogen and oxygen atoms in total. The van der Waals surface area contributed by atoms with E-state index < -0.39 is 15.3 Å². The van der Waals surface area contributed by atoms with Gasteiger partial charge >= 0.3 is 0 Å². The standard InChI is InChI=1S/C23H24N2O3S2/c1-17(2)25-30(27,28)21-15-13-19(14-16-21)24-23(26)22(18-9-5-3-6-10-18)29-20-11-7-4-8-12-20/h3-17,22,25H,1-2H3,(H,24,26). The van der Waals surface area contributed by atoms with Crippen LogP contribution in [0.15, 0.2) is 94.7 Å². The molecule has 0 aliphatic carbocycles. The number of amides is 1. The summed E-state index contributed by atoms with van der Waals surface area (Å²) in [5, 5.41) is 2.46. The Balaban J connectivity index is 1.79. The summed E-state index contributed by atoms with van der Waals surface area (Å²) >= 11 is 1.47. The quantitative estimate of drug-likeness (QED) is 0.491. The normalized spacial score (nSPS) is 12.5. The first-order valence-electron chi connectivity index (χ1n) is 9.55. The molecule has 0 radical (unpaired) electrons. The number of sulfonamides is 1. The van der Waals surface area contributed by atoms with Gasteiger partial charge in [0.25, 0.3) is 0 Å². The Hall–Kier alpha value is -2.61. The van der Waals surface area contributed by atoms with Crippen molar-refractivity contribution in [3.05, 3.63) is 90.5 Å². The molecule has 3 aromatic rings. The number of anilines is 1. The largest absolute Gasteiger partial charge is 0.325 e. The van der Waals surface area contributed by atoms with E-state index in [2.05, 4.69) is 10.0 Å². The molecule has 1 amide bonds. The minimum Gasteiger partial charge on any atom is -0.325 e. The average Bonchev–Trinajstić information content (AvgIpc) is 2.73. The summed E-state index contributed by atoms with van der Waals surface area (Å²) in [6.07, 6.45) is 0. The lowest BCUT2D eigenvalue weighted by Crippen LogP contribution is -2.30. The van der Waals surface area contributed by atoms with Crippen molar-refractivity contribution < 1.29 is 13.2 Å². The van der Waals surface area contributed by atoms with Gasteiger partial charge in [-0.1, -0.05) is 48.5 Å². The molecular weight excluding hydrogens is 416 g/mol. The van der Waals surface area contributed by atoms with E-state index in [0.717, 1.165) is 10.5 Å². The van der Waals surface area contributed by atoms with Crippen LogP contribution in [0.2, 0.25) is 0 Å². The molecule has 3 rings (SSSR count). The molecule has 0 saturated heterocycles. The molecule has 3 aromatic carbocycles. The molecule has 0 aliphatic heterocycles. The average molecular weight is 441 g/mol. The maximum Gasteiger partial charge on any atom is 0.242 e. The van der Waals surface area contributed by atoms with Gasteiger partial charge in [-0.3, -0.25) is 4.79 Å².